The first-order valence-electron chi connectivity index (χ1n) is 6.52. The van der Waals surface area contributed by atoms with Crippen molar-refractivity contribution in [2.75, 3.05) is 30.9 Å². The number of amides is 1. The largest absolute Gasteiger partial charge is 0.366 e. The van der Waals surface area contributed by atoms with E-state index in [4.69, 9.17) is 0 Å². The van der Waals surface area contributed by atoms with E-state index >= 15 is 0 Å². The first-order chi connectivity index (χ1) is 9.37. The van der Waals surface area contributed by atoms with Crippen molar-refractivity contribution in [3.05, 3.63) is 23.9 Å². The van der Waals surface area contributed by atoms with Crippen molar-refractivity contribution in [1.82, 2.24) is 9.88 Å². The van der Waals surface area contributed by atoms with E-state index in [9.17, 15) is 13.2 Å². The zero-order valence-corrected chi connectivity index (χ0v) is 12.5. The van der Waals surface area contributed by atoms with Gasteiger partial charge in [0.05, 0.1) is 17.1 Å². The molecule has 0 saturated carbocycles. The van der Waals surface area contributed by atoms with Crippen molar-refractivity contribution < 1.29 is 13.2 Å². The molecule has 1 aromatic rings. The SMILES string of the molecule is CN(C)C(=O)c1ccc(NC2CCCS(=O)(=O)C2)nc1. The Morgan fingerprint density at radius 3 is 2.70 bits per heavy atom. The van der Waals surface area contributed by atoms with Crippen LogP contribution in [0.4, 0.5) is 5.82 Å². The summed E-state index contributed by atoms with van der Waals surface area (Å²) in [5.74, 6) is 0.911. The van der Waals surface area contributed by atoms with Crippen molar-refractivity contribution in [2.24, 2.45) is 0 Å². The predicted molar refractivity (Wildman–Crippen MR) is 77.6 cm³/mol. The van der Waals surface area contributed by atoms with E-state index < -0.39 is 9.84 Å². The van der Waals surface area contributed by atoms with Crippen LogP contribution >= 0.6 is 0 Å². The van der Waals surface area contributed by atoms with E-state index in [2.05, 4.69) is 10.3 Å². The number of sulfone groups is 1. The van der Waals surface area contributed by atoms with E-state index in [1.54, 1.807) is 26.2 Å². The smallest absolute Gasteiger partial charge is 0.254 e. The van der Waals surface area contributed by atoms with Gasteiger partial charge in [0.15, 0.2) is 9.84 Å². The summed E-state index contributed by atoms with van der Waals surface area (Å²) in [5.41, 5.74) is 0.511. The molecule has 0 bridgehead atoms. The molecule has 1 atom stereocenters. The molecule has 1 fully saturated rings. The standard InChI is InChI=1S/C13H19N3O3S/c1-16(2)13(17)10-5-6-12(14-8-10)15-11-4-3-7-20(18,19)9-11/h5-6,8,11H,3-4,7,9H2,1-2H3,(H,14,15). The number of carbonyl (C=O) groups is 1. The molecule has 1 aromatic heterocycles. The van der Waals surface area contributed by atoms with Crippen molar-refractivity contribution in [2.45, 2.75) is 18.9 Å². The minimum Gasteiger partial charge on any atom is -0.366 e. The molecule has 1 aliphatic rings. The second-order valence-electron chi connectivity index (χ2n) is 5.23. The lowest BCUT2D eigenvalue weighted by molar-refractivity contribution is 0.0827. The van der Waals surface area contributed by atoms with Crippen molar-refractivity contribution in [1.29, 1.82) is 0 Å². The molecule has 0 aromatic carbocycles. The molecule has 1 unspecified atom stereocenters. The number of hydrogen-bond acceptors (Lipinski definition) is 5. The zero-order chi connectivity index (χ0) is 14.8. The fourth-order valence-corrected chi connectivity index (χ4v) is 3.85. The molecule has 2 heterocycles. The van der Waals surface area contributed by atoms with Crippen molar-refractivity contribution in [3.8, 4) is 0 Å². The summed E-state index contributed by atoms with van der Waals surface area (Å²) < 4.78 is 23.1. The van der Waals surface area contributed by atoms with Crippen LogP contribution in [0.2, 0.25) is 0 Å². The van der Waals surface area contributed by atoms with Crippen LogP contribution in [0, 0.1) is 0 Å². The Bertz CT molecular complexity index is 581. The molecular weight excluding hydrogens is 278 g/mol. The highest BCUT2D eigenvalue weighted by Gasteiger charge is 2.24. The molecule has 1 N–H and O–H groups in total. The summed E-state index contributed by atoms with van der Waals surface area (Å²) in [5, 5.41) is 3.12. The topological polar surface area (TPSA) is 79.4 Å². The lowest BCUT2D eigenvalue weighted by atomic mass is 10.2. The average molecular weight is 297 g/mol. The second-order valence-corrected chi connectivity index (χ2v) is 7.46. The average Bonchev–Trinajstić information content (AvgIpc) is 2.37. The van der Waals surface area contributed by atoms with E-state index in [1.807, 2.05) is 0 Å². The molecule has 0 radical (unpaired) electrons. The summed E-state index contributed by atoms with van der Waals surface area (Å²) in [7, 11) is 0.428. The number of hydrogen-bond donors (Lipinski definition) is 1. The molecule has 20 heavy (non-hydrogen) atoms. The number of pyridine rings is 1. The van der Waals surface area contributed by atoms with Gasteiger partial charge in [-0.2, -0.15) is 0 Å². The third-order valence-corrected chi connectivity index (χ3v) is 5.05. The van der Waals surface area contributed by atoms with Crippen LogP contribution in [0.25, 0.3) is 0 Å². The normalized spacial score (nSPS) is 21.2. The Balaban J connectivity index is 2.02. The molecule has 1 saturated heterocycles. The van der Waals surface area contributed by atoms with E-state index in [1.165, 1.54) is 11.1 Å². The highest BCUT2D eigenvalue weighted by atomic mass is 32.2. The van der Waals surface area contributed by atoms with Crippen molar-refractivity contribution >= 4 is 21.6 Å². The van der Waals surface area contributed by atoms with E-state index in [0.717, 1.165) is 6.42 Å². The first-order valence-corrected chi connectivity index (χ1v) is 8.34. The van der Waals surface area contributed by atoms with Crippen LogP contribution in [0.15, 0.2) is 18.3 Å². The summed E-state index contributed by atoms with van der Waals surface area (Å²) in [4.78, 5) is 17.4. The van der Waals surface area contributed by atoms with Gasteiger partial charge >= 0.3 is 0 Å². The Morgan fingerprint density at radius 1 is 1.40 bits per heavy atom. The second kappa shape index (κ2) is 5.78. The lowest BCUT2D eigenvalue weighted by Gasteiger charge is -2.23. The number of aromatic nitrogens is 1. The number of anilines is 1. The highest BCUT2D eigenvalue weighted by Crippen LogP contribution is 2.16. The minimum absolute atomic E-state index is 0.100. The molecule has 7 heteroatoms. The van der Waals surface area contributed by atoms with Gasteiger partial charge in [-0.25, -0.2) is 13.4 Å². The molecular formula is C13H19N3O3S. The van der Waals surface area contributed by atoms with E-state index in [0.29, 0.717) is 17.8 Å². The zero-order valence-electron chi connectivity index (χ0n) is 11.7. The summed E-state index contributed by atoms with van der Waals surface area (Å²) >= 11 is 0. The molecule has 0 aliphatic carbocycles. The third-order valence-electron chi connectivity index (χ3n) is 3.23. The Hall–Kier alpha value is -1.63. The predicted octanol–water partition coefficient (Wildman–Crippen LogP) is 0.772. The van der Waals surface area contributed by atoms with Gasteiger partial charge in [-0.1, -0.05) is 0 Å². The third kappa shape index (κ3) is 3.69. The van der Waals surface area contributed by atoms with Gasteiger partial charge in [0.25, 0.3) is 5.91 Å². The lowest BCUT2D eigenvalue weighted by Crippen LogP contribution is -2.35. The minimum atomic E-state index is -2.94. The van der Waals surface area contributed by atoms with Crippen LogP contribution in [-0.4, -0.2) is 55.9 Å². The fraction of sp³-hybridized carbons (Fsp3) is 0.538. The number of nitrogens with one attached hydrogen (secondary N) is 1. The first kappa shape index (κ1) is 14.8. The summed E-state index contributed by atoms with van der Waals surface area (Å²) in [6.45, 7) is 0. The molecule has 6 nitrogen and oxygen atoms in total. The van der Waals surface area contributed by atoms with Gasteiger partial charge in [0.2, 0.25) is 0 Å². The Kier molecular flexibility index (Phi) is 4.27. The van der Waals surface area contributed by atoms with Crippen LogP contribution in [-0.2, 0) is 9.84 Å². The maximum Gasteiger partial charge on any atom is 0.254 e. The molecule has 0 spiro atoms. The van der Waals surface area contributed by atoms with Crippen LogP contribution in [0.1, 0.15) is 23.2 Å². The maximum atomic E-state index is 11.7. The van der Waals surface area contributed by atoms with Crippen LogP contribution in [0.5, 0.6) is 0 Å². The van der Waals surface area contributed by atoms with Gasteiger partial charge in [0.1, 0.15) is 5.82 Å². The van der Waals surface area contributed by atoms with Gasteiger partial charge in [-0.3, -0.25) is 4.79 Å². The molecule has 2 rings (SSSR count). The Labute approximate surface area is 119 Å². The van der Waals surface area contributed by atoms with Crippen molar-refractivity contribution in [3.63, 3.8) is 0 Å². The summed E-state index contributed by atoms with van der Waals surface area (Å²) in [6, 6.07) is 3.30. The molecule has 1 amide bonds. The monoisotopic (exact) mass is 297 g/mol. The van der Waals surface area contributed by atoms with Crippen LogP contribution < -0.4 is 5.32 Å². The highest BCUT2D eigenvalue weighted by molar-refractivity contribution is 7.91. The van der Waals surface area contributed by atoms with Crippen LogP contribution in [0.3, 0.4) is 0 Å². The molecule has 1 aliphatic heterocycles. The summed E-state index contributed by atoms with van der Waals surface area (Å²) in [6.07, 6.45) is 3.00. The van der Waals surface area contributed by atoms with Gasteiger partial charge < -0.3 is 10.2 Å². The van der Waals surface area contributed by atoms with Gasteiger partial charge in [0, 0.05) is 26.3 Å². The maximum absolute atomic E-state index is 11.7. The number of nitrogens with zero attached hydrogens (tertiary/aromatic N) is 2. The number of carbonyl (C=O) groups excluding carboxylic acids is 1. The van der Waals surface area contributed by atoms with E-state index in [-0.39, 0.29) is 23.5 Å². The van der Waals surface area contributed by atoms with Gasteiger partial charge in [-0.05, 0) is 25.0 Å². The molecule has 110 valence electrons. The number of rotatable bonds is 3. The quantitative estimate of drug-likeness (QED) is 0.891. The fourth-order valence-electron chi connectivity index (χ4n) is 2.21. The van der Waals surface area contributed by atoms with Gasteiger partial charge in [-0.15, -0.1) is 0 Å². The Morgan fingerprint density at radius 2 is 2.15 bits per heavy atom.